The molecule has 114 valence electrons. The van der Waals surface area contributed by atoms with E-state index in [0.29, 0.717) is 26.0 Å². The minimum absolute atomic E-state index is 0.0681. The van der Waals surface area contributed by atoms with Gasteiger partial charge in [0.1, 0.15) is 5.76 Å². The Kier molecular flexibility index (Phi) is 7.95. The molecule has 1 aromatic rings. The van der Waals surface area contributed by atoms with E-state index in [4.69, 9.17) is 9.26 Å². The molecule has 1 N–H and O–H groups in total. The lowest BCUT2D eigenvalue weighted by molar-refractivity contribution is -0.121. The number of rotatable bonds is 10. The van der Waals surface area contributed by atoms with Crippen molar-refractivity contribution in [2.75, 3.05) is 19.8 Å². The number of aromatic nitrogens is 1. The molecule has 0 atom stereocenters. The molecule has 0 aromatic carbocycles. The highest BCUT2D eigenvalue weighted by molar-refractivity contribution is 5.76. The maximum Gasteiger partial charge on any atom is 0.220 e. The van der Waals surface area contributed by atoms with Crippen molar-refractivity contribution in [2.24, 2.45) is 0 Å². The summed E-state index contributed by atoms with van der Waals surface area (Å²) in [5.74, 6) is 0.873. The second-order valence-electron chi connectivity index (χ2n) is 4.97. The number of amides is 1. The van der Waals surface area contributed by atoms with E-state index >= 15 is 0 Å². The second kappa shape index (κ2) is 9.53. The highest BCUT2D eigenvalue weighted by Crippen LogP contribution is 2.13. The molecule has 20 heavy (non-hydrogen) atoms. The van der Waals surface area contributed by atoms with Gasteiger partial charge in [-0.2, -0.15) is 0 Å². The monoisotopic (exact) mass is 282 g/mol. The Morgan fingerprint density at radius 1 is 1.30 bits per heavy atom. The van der Waals surface area contributed by atoms with Crippen molar-refractivity contribution >= 4 is 5.91 Å². The molecule has 0 saturated heterocycles. The number of hydrogen-bond acceptors (Lipinski definition) is 4. The number of ether oxygens (including phenoxy) is 1. The van der Waals surface area contributed by atoms with Crippen molar-refractivity contribution in [3.8, 4) is 0 Å². The molecule has 0 spiro atoms. The molecule has 0 fully saturated rings. The van der Waals surface area contributed by atoms with E-state index in [0.717, 1.165) is 42.9 Å². The van der Waals surface area contributed by atoms with Gasteiger partial charge in [-0.25, -0.2) is 0 Å². The van der Waals surface area contributed by atoms with Crippen LogP contribution in [-0.2, 0) is 16.0 Å². The van der Waals surface area contributed by atoms with Gasteiger partial charge in [-0.3, -0.25) is 4.79 Å². The van der Waals surface area contributed by atoms with Crippen LogP contribution < -0.4 is 5.32 Å². The molecule has 5 nitrogen and oxygen atoms in total. The van der Waals surface area contributed by atoms with Crippen molar-refractivity contribution < 1.29 is 14.1 Å². The van der Waals surface area contributed by atoms with Gasteiger partial charge < -0.3 is 14.6 Å². The van der Waals surface area contributed by atoms with Gasteiger partial charge in [0.2, 0.25) is 5.91 Å². The number of hydrogen-bond donors (Lipinski definition) is 1. The second-order valence-corrected chi connectivity index (χ2v) is 4.97. The van der Waals surface area contributed by atoms with Crippen LogP contribution in [0.5, 0.6) is 0 Å². The third-order valence-corrected chi connectivity index (χ3v) is 3.21. The van der Waals surface area contributed by atoms with Crippen LogP contribution in [0.2, 0.25) is 0 Å². The first kappa shape index (κ1) is 16.7. The zero-order valence-electron chi connectivity index (χ0n) is 12.8. The van der Waals surface area contributed by atoms with Crippen LogP contribution in [0.1, 0.15) is 49.6 Å². The van der Waals surface area contributed by atoms with Crippen LogP contribution in [0.15, 0.2) is 4.52 Å². The van der Waals surface area contributed by atoms with Crippen molar-refractivity contribution in [1.29, 1.82) is 0 Å². The number of aryl methyl sites for hydroxylation is 2. The maximum atomic E-state index is 11.7. The molecular weight excluding hydrogens is 256 g/mol. The first-order valence-electron chi connectivity index (χ1n) is 7.41. The molecule has 0 bridgehead atoms. The molecular formula is C15H26N2O3. The van der Waals surface area contributed by atoms with Crippen LogP contribution in [0.4, 0.5) is 0 Å². The Labute approximate surface area is 121 Å². The van der Waals surface area contributed by atoms with Crippen molar-refractivity contribution in [3.63, 3.8) is 0 Å². The lowest BCUT2D eigenvalue weighted by Crippen LogP contribution is -2.25. The van der Waals surface area contributed by atoms with Crippen LogP contribution in [-0.4, -0.2) is 30.8 Å². The predicted molar refractivity (Wildman–Crippen MR) is 77.7 cm³/mol. The topological polar surface area (TPSA) is 64.4 Å². The molecule has 1 rings (SSSR count). The Hall–Kier alpha value is -1.36. The van der Waals surface area contributed by atoms with Gasteiger partial charge in [0.25, 0.3) is 0 Å². The van der Waals surface area contributed by atoms with Crippen LogP contribution >= 0.6 is 0 Å². The molecule has 1 amide bonds. The molecule has 0 radical (unpaired) electrons. The van der Waals surface area contributed by atoms with Gasteiger partial charge in [-0.05, 0) is 33.1 Å². The molecule has 5 heteroatoms. The zero-order valence-corrected chi connectivity index (χ0v) is 12.8. The average Bonchev–Trinajstić information content (AvgIpc) is 2.75. The molecule has 0 aliphatic carbocycles. The van der Waals surface area contributed by atoms with Crippen LogP contribution in [0.3, 0.4) is 0 Å². The van der Waals surface area contributed by atoms with E-state index in [1.807, 2.05) is 13.8 Å². The third-order valence-electron chi connectivity index (χ3n) is 3.21. The Morgan fingerprint density at radius 3 is 2.70 bits per heavy atom. The van der Waals surface area contributed by atoms with Crippen molar-refractivity contribution in [3.05, 3.63) is 17.0 Å². The molecule has 0 aliphatic heterocycles. The highest BCUT2D eigenvalue weighted by atomic mass is 16.5. The van der Waals surface area contributed by atoms with Crippen LogP contribution in [0, 0.1) is 13.8 Å². The Balaban J connectivity index is 2.06. The van der Waals surface area contributed by atoms with E-state index in [-0.39, 0.29) is 5.91 Å². The van der Waals surface area contributed by atoms with Gasteiger partial charge in [-0.1, -0.05) is 18.5 Å². The summed E-state index contributed by atoms with van der Waals surface area (Å²) in [6.45, 7) is 8.12. The highest BCUT2D eigenvalue weighted by Gasteiger charge is 2.10. The molecule has 0 unspecified atom stereocenters. The normalized spacial score (nSPS) is 10.8. The van der Waals surface area contributed by atoms with Gasteiger partial charge in [0, 0.05) is 31.7 Å². The summed E-state index contributed by atoms with van der Waals surface area (Å²) in [5, 5.41) is 6.79. The summed E-state index contributed by atoms with van der Waals surface area (Å²) in [6, 6.07) is 0. The fraction of sp³-hybridized carbons (Fsp3) is 0.733. The average molecular weight is 282 g/mol. The van der Waals surface area contributed by atoms with E-state index < -0.39 is 0 Å². The summed E-state index contributed by atoms with van der Waals surface area (Å²) in [6.07, 6.45) is 4.27. The SMILES string of the molecule is CCCCOCCCNC(=O)CCc1c(C)noc1C. The molecule has 1 aromatic heterocycles. The maximum absolute atomic E-state index is 11.7. The first-order valence-corrected chi connectivity index (χ1v) is 7.41. The summed E-state index contributed by atoms with van der Waals surface area (Å²) in [7, 11) is 0. The number of nitrogens with one attached hydrogen (secondary N) is 1. The van der Waals surface area contributed by atoms with Gasteiger partial charge in [0.05, 0.1) is 5.69 Å². The largest absolute Gasteiger partial charge is 0.381 e. The molecule has 0 aliphatic rings. The number of nitrogens with zero attached hydrogens (tertiary/aromatic N) is 1. The van der Waals surface area contributed by atoms with Crippen molar-refractivity contribution in [1.82, 2.24) is 10.5 Å². The van der Waals surface area contributed by atoms with Gasteiger partial charge in [-0.15, -0.1) is 0 Å². The zero-order chi connectivity index (χ0) is 14.8. The summed E-state index contributed by atoms with van der Waals surface area (Å²) in [5.41, 5.74) is 1.92. The first-order chi connectivity index (χ1) is 9.65. The molecule has 0 saturated carbocycles. The predicted octanol–water partition coefficient (Wildman–Crippen LogP) is 2.55. The number of carbonyl (C=O) groups is 1. The fourth-order valence-electron chi connectivity index (χ4n) is 1.94. The summed E-state index contributed by atoms with van der Waals surface area (Å²) in [4.78, 5) is 11.7. The van der Waals surface area contributed by atoms with E-state index in [2.05, 4.69) is 17.4 Å². The standard InChI is InChI=1S/C15H26N2O3/c1-4-5-10-19-11-6-9-16-15(18)8-7-14-12(2)17-20-13(14)3/h4-11H2,1-3H3,(H,16,18). The minimum Gasteiger partial charge on any atom is -0.381 e. The van der Waals surface area contributed by atoms with Gasteiger partial charge in [0.15, 0.2) is 0 Å². The Morgan fingerprint density at radius 2 is 2.05 bits per heavy atom. The van der Waals surface area contributed by atoms with Gasteiger partial charge >= 0.3 is 0 Å². The summed E-state index contributed by atoms with van der Waals surface area (Å²) >= 11 is 0. The minimum atomic E-state index is 0.0681. The van der Waals surface area contributed by atoms with E-state index in [1.54, 1.807) is 0 Å². The number of carbonyl (C=O) groups excluding carboxylic acids is 1. The quantitative estimate of drug-likeness (QED) is 0.670. The van der Waals surface area contributed by atoms with Crippen LogP contribution in [0.25, 0.3) is 0 Å². The fourth-order valence-corrected chi connectivity index (χ4v) is 1.94. The van der Waals surface area contributed by atoms with Crippen molar-refractivity contribution in [2.45, 2.75) is 52.9 Å². The van der Waals surface area contributed by atoms with E-state index in [1.165, 1.54) is 0 Å². The third kappa shape index (κ3) is 6.19. The summed E-state index contributed by atoms with van der Waals surface area (Å²) < 4.78 is 10.5. The smallest absolute Gasteiger partial charge is 0.220 e. The van der Waals surface area contributed by atoms with E-state index in [9.17, 15) is 4.79 Å². The lowest BCUT2D eigenvalue weighted by atomic mass is 10.1. The Bertz CT molecular complexity index is 382. The number of unbranched alkanes of at least 4 members (excludes halogenated alkanes) is 1. The lowest BCUT2D eigenvalue weighted by Gasteiger charge is -2.06. The molecule has 1 heterocycles.